The van der Waals surface area contributed by atoms with Crippen molar-refractivity contribution in [1.82, 2.24) is 58.5 Å². The van der Waals surface area contributed by atoms with Crippen molar-refractivity contribution < 1.29 is 63.0 Å². The quantitative estimate of drug-likeness (QED) is 0.0348. The molecular weight excluding hydrogens is 1090 g/mol. The average Bonchev–Trinajstić information content (AvgIpc) is 3.67. The molecule has 29 heteroatoms. The fraction of sp³-hybridized carbons (Fsp3) is 0.691. The Morgan fingerprint density at radius 2 is 1.06 bits per heavy atom. The predicted octanol–water partition coefficient (Wildman–Crippen LogP) is -5.63. The van der Waals surface area contributed by atoms with Crippen LogP contribution in [-0.2, 0) is 59.2 Å². The zero-order chi connectivity index (χ0) is 63.1. The number of aliphatic hydroxyl groups excluding tert-OH is 2. The summed E-state index contributed by atoms with van der Waals surface area (Å²) in [4.78, 5) is 153. The van der Waals surface area contributed by atoms with Crippen LogP contribution in [0.1, 0.15) is 118 Å². The molecule has 13 unspecified atom stereocenters. The van der Waals surface area contributed by atoms with E-state index in [-0.39, 0.29) is 77.7 Å². The highest BCUT2D eigenvalue weighted by molar-refractivity contribution is 5.99. The molecule has 29 nitrogen and oxygen atoms in total. The van der Waals surface area contributed by atoms with Crippen LogP contribution in [0.3, 0.4) is 0 Å². The molecule has 1 saturated heterocycles. The Morgan fingerprint density at radius 3 is 1.57 bits per heavy atom. The van der Waals surface area contributed by atoms with Crippen molar-refractivity contribution in [3.05, 3.63) is 35.9 Å². The van der Waals surface area contributed by atoms with E-state index in [0.717, 1.165) is 19.3 Å². The highest BCUT2D eigenvalue weighted by atomic mass is 16.3. The summed E-state index contributed by atoms with van der Waals surface area (Å²) in [7, 11) is 0. The lowest BCUT2D eigenvalue weighted by Gasteiger charge is -2.29. The summed E-state index contributed by atoms with van der Waals surface area (Å²) < 4.78 is 0. The molecule has 1 fully saturated rings. The summed E-state index contributed by atoms with van der Waals surface area (Å²) in [5.74, 6) is -9.90. The second-order valence-electron chi connectivity index (χ2n) is 21.6. The Kier molecular flexibility index (Phi) is 33.9. The van der Waals surface area contributed by atoms with E-state index in [0.29, 0.717) is 17.9 Å². The number of hydrogen-bond acceptors (Lipinski definition) is 18. The third-order valence-corrected chi connectivity index (χ3v) is 14.2. The number of nitrogens with one attached hydrogen (secondary N) is 11. The molecule has 1 aliphatic heterocycles. The van der Waals surface area contributed by atoms with E-state index in [9.17, 15) is 63.0 Å². The first kappa shape index (κ1) is 73.2. The second-order valence-corrected chi connectivity index (χ2v) is 21.6. The smallest absolute Gasteiger partial charge is 0.245 e. The standard InChI is InChI=1S/C55H96N16O13/c1-7-31(4)13-11-12-16-42(74)62-35(17-23-56)50(79)71-45(33(6)73)55(84)67-38(20-26-59)47(76)65-40-22-28-61-53(82)44(32(5)72)70-51(80)39(21-27-60)64-46(75)37(19-25-58)66-54(83)43(30(2)3)69-52(81)41(29-34-14-9-8-10-15-34)68-48(77)36(18-24-57)63-49(40)78/h8-10,14-15,30-33,35-41,43-45,72-73H,7,11-13,16-29,56-60H2,1-6H3,(H,61,82)(H,62,74)(H,63,78)(H,64,75)(H,65,76)(H,66,83)(H,67,84)(H,68,77)(H,69,81)(H,70,80)(H,71,79). The van der Waals surface area contributed by atoms with Gasteiger partial charge in [-0.2, -0.15) is 0 Å². The van der Waals surface area contributed by atoms with Crippen molar-refractivity contribution in [2.24, 2.45) is 40.5 Å². The molecule has 84 heavy (non-hydrogen) atoms. The Balaban J connectivity index is 2.66. The summed E-state index contributed by atoms with van der Waals surface area (Å²) >= 11 is 0. The molecule has 0 aromatic heterocycles. The molecule has 0 spiro atoms. The van der Waals surface area contributed by atoms with Crippen LogP contribution in [-0.4, -0.2) is 187 Å². The lowest BCUT2D eigenvalue weighted by molar-refractivity contribution is -0.137. The minimum atomic E-state index is -1.70. The van der Waals surface area contributed by atoms with Gasteiger partial charge in [0, 0.05) is 19.4 Å². The Morgan fingerprint density at radius 1 is 0.560 bits per heavy atom. The molecule has 13 atom stereocenters. The summed E-state index contributed by atoms with van der Waals surface area (Å²) in [5, 5.41) is 49.5. The monoisotopic (exact) mass is 1190 g/mol. The highest BCUT2D eigenvalue weighted by Crippen LogP contribution is 2.14. The van der Waals surface area contributed by atoms with Crippen molar-refractivity contribution in [3.63, 3.8) is 0 Å². The molecular formula is C55H96N16O13. The maximum atomic E-state index is 14.5. The molecule has 1 aromatic carbocycles. The van der Waals surface area contributed by atoms with E-state index < -0.39 is 156 Å². The molecule has 23 N–H and O–H groups in total. The van der Waals surface area contributed by atoms with Crippen LogP contribution in [0, 0.1) is 11.8 Å². The zero-order valence-electron chi connectivity index (χ0n) is 49.5. The van der Waals surface area contributed by atoms with Gasteiger partial charge in [-0.15, -0.1) is 0 Å². The number of rotatable bonds is 28. The van der Waals surface area contributed by atoms with Crippen LogP contribution in [0.5, 0.6) is 0 Å². The van der Waals surface area contributed by atoms with E-state index in [2.05, 4.69) is 72.3 Å². The number of unbranched alkanes of at least 4 members (excludes halogenated alkanes) is 1. The molecule has 2 rings (SSSR count). The lowest BCUT2D eigenvalue weighted by Crippen LogP contribution is -2.62. The number of hydrogen-bond donors (Lipinski definition) is 18. The van der Waals surface area contributed by atoms with Gasteiger partial charge in [-0.1, -0.05) is 77.3 Å². The number of benzene rings is 1. The fourth-order valence-corrected chi connectivity index (χ4v) is 8.92. The molecule has 0 radical (unpaired) electrons. The molecule has 1 heterocycles. The van der Waals surface area contributed by atoms with Crippen LogP contribution in [0.4, 0.5) is 0 Å². The molecule has 11 amide bonds. The Hall–Kier alpha value is -6.89. The zero-order valence-corrected chi connectivity index (χ0v) is 49.5. The third-order valence-electron chi connectivity index (χ3n) is 14.2. The maximum Gasteiger partial charge on any atom is 0.245 e. The minimum Gasteiger partial charge on any atom is -0.391 e. The van der Waals surface area contributed by atoms with Crippen LogP contribution in [0.25, 0.3) is 0 Å². The van der Waals surface area contributed by atoms with Crippen molar-refractivity contribution >= 4 is 65.0 Å². The van der Waals surface area contributed by atoms with Crippen molar-refractivity contribution in [1.29, 1.82) is 0 Å². The van der Waals surface area contributed by atoms with Gasteiger partial charge >= 0.3 is 0 Å². The van der Waals surface area contributed by atoms with Crippen molar-refractivity contribution in [2.75, 3.05) is 39.3 Å². The highest BCUT2D eigenvalue weighted by Gasteiger charge is 2.38. The minimum absolute atomic E-state index is 0.0174. The third kappa shape index (κ3) is 25.5. The Bertz CT molecular complexity index is 2300. The summed E-state index contributed by atoms with van der Waals surface area (Å²) in [5.41, 5.74) is 29.9. The first-order chi connectivity index (χ1) is 39.8. The van der Waals surface area contributed by atoms with Crippen LogP contribution >= 0.6 is 0 Å². The second kappa shape index (κ2) is 38.9. The number of carbonyl (C=O) groups excluding carboxylic acids is 11. The van der Waals surface area contributed by atoms with Crippen LogP contribution in [0.2, 0.25) is 0 Å². The number of carbonyl (C=O) groups is 11. The van der Waals surface area contributed by atoms with Crippen LogP contribution < -0.4 is 87.2 Å². The molecule has 1 aliphatic rings. The SMILES string of the molecule is CCC(C)CCCCC(=O)NC(CCN)C(=O)NC(C(=O)NC(CCN)C(=O)NC1CCNC(=O)C(C(C)O)NC(=O)C(CCN)NC(=O)C(CCN)NC(=O)C(C(C)C)NC(=O)C(Cc2ccccc2)NC(=O)C(CCN)NC1=O)C(C)O. The fourth-order valence-electron chi connectivity index (χ4n) is 8.92. The molecule has 0 bridgehead atoms. The number of nitrogens with two attached hydrogens (primary N) is 5. The molecule has 474 valence electrons. The summed E-state index contributed by atoms with van der Waals surface area (Å²) in [6.45, 7) is 8.67. The largest absolute Gasteiger partial charge is 0.391 e. The van der Waals surface area contributed by atoms with E-state index in [1.165, 1.54) is 13.8 Å². The average molecular weight is 1190 g/mol. The van der Waals surface area contributed by atoms with Gasteiger partial charge < -0.3 is 97.4 Å². The van der Waals surface area contributed by atoms with E-state index in [1.807, 2.05) is 0 Å². The number of amides is 11. The first-order valence-electron chi connectivity index (χ1n) is 29.1. The van der Waals surface area contributed by atoms with E-state index >= 15 is 0 Å². The normalized spacial score (nSPS) is 23.0. The molecule has 1 aromatic rings. The maximum absolute atomic E-state index is 14.5. The molecule has 0 saturated carbocycles. The molecule has 0 aliphatic carbocycles. The number of aliphatic hydroxyl groups is 2. The van der Waals surface area contributed by atoms with Crippen molar-refractivity contribution in [3.8, 4) is 0 Å². The van der Waals surface area contributed by atoms with Gasteiger partial charge in [0.2, 0.25) is 65.0 Å². The van der Waals surface area contributed by atoms with Gasteiger partial charge in [0.1, 0.15) is 60.4 Å². The topological polar surface area (TPSA) is 491 Å². The van der Waals surface area contributed by atoms with Gasteiger partial charge in [-0.3, -0.25) is 52.7 Å². The summed E-state index contributed by atoms with van der Waals surface area (Å²) in [6, 6.07) is -6.29. The first-order valence-corrected chi connectivity index (χ1v) is 29.1. The lowest BCUT2D eigenvalue weighted by atomic mass is 10.00. The Labute approximate surface area is 491 Å². The van der Waals surface area contributed by atoms with Crippen molar-refractivity contribution in [2.45, 2.75) is 191 Å². The van der Waals surface area contributed by atoms with E-state index in [4.69, 9.17) is 28.7 Å². The predicted molar refractivity (Wildman–Crippen MR) is 312 cm³/mol. The van der Waals surface area contributed by atoms with Gasteiger partial charge in [-0.05, 0) is 109 Å². The van der Waals surface area contributed by atoms with E-state index in [1.54, 1.807) is 44.2 Å². The van der Waals surface area contributed by atoms with Gasteiger partial charge in [-0.25, -0.2) is 0 Å². The summed E-state index contributed by atoms with van der Waals surface area (Å²) in [6.07, 6.45) is -1.11. The van der Waals surface area contributed by atoms with Gasteiger partial charge in [0.15, 0.2) is 0 Å². The van der Waals surface area contributed by atoms with Gasteiger partial charge in [0.05, 0.1) is 12.2 Å². The van der Waals surface area contributed by atoms with Gasteiger partial charge in [0.25, 0.3) is 0 Å². The van der Waals surface area contributed by atoms with Crippen LogP contribution in [0.15, 0.2) is 30.3 Å².